The molecule has 164 valence electrons. The van der Waals surface area contributed by atoms with E-state index in [2.05, 4.69) is 0 Å². The first-order chi connectivity index (χ1) is 15.2. The van der Waals surface area contributed by atoms with Gasteiger partial charge in [-0.25, -0.2) is 0 Å². The Morgan fingerprint density at radius 1 is 1.09 bits per heavy atom. The van der Waals surface area contributed by atoms with Crippen molar-refractivity contribution in [2.24, 2.45) is 0 Å². The minimum absolute atomic E-state index is 0.0918. The summed E-state index contributed by atoms with van der Waals surface area (Å²) in [5.41, 5.74) is 3.21. The van der Waals surface area contributed by atoms with Crippen molar-refractivity contribution in [1.82, 2.24) is 0 Å². The molecule has 0 aliphatic carbocycles. The number of aliphatic hydroxyl groups is 1. The lowest BCUT2D eigenvalue weighted by Gasteiger charge is -2.25. The molecular weight excluding hydrogens is 430 g/mol. The number of aryl methyl sites for hydroxylation is 3. The SMILES string of the molecule is COc1c(Cl)cc(C)cc1/C(O)=C1/C(=O)C(=O)N(c2cc(C)ccc2C)C1c1ccco1. The van der Waals surface area contributed by atoms with Crippen LogP contribution in [0.4, 0.5) is 5.69 Å². The van der Waals surface area contributed by atoms with Gasteiger partial charge in [0.1, 0.15) is 23.3 Å². The standard InChI is InChI=1S/C25H22ClNO5/c1-13-7-8-15(3)18(12-13)27-21(19-6-5-9-32-19)20(23(29)25(27)30)22(28)16-10-14(2)11-17(26)24(16)31-4/h5-12,21,28H,1-4H3/b22-20-. The molecule has 1 aliphatic heterocycles. The highest BCUT2D eigenvalue weighted by molar-refractivity contribution is 6.51. The second-order valence-electron chi connectivity index (χ2n) is 7.80. The van der Waals surface area contributed by atoms with Crippen molar-refractivity contribution in [2.75, 3.05) is 12.0 Å². The van der Waals surface area contributed by atoms with Gasteiger partial charge in [0, 0.05) is 5.69 Å². The number of hydrogen-bond acceptors (Lipinski definition) is 5. The first-order valence-electron chi connectivity index (χ1n) is 10.0. The number of halogens is 1. The number of methoxy groups -OCH3 is 1. The number of carbonyl (C=O) groups excluding carboxylic acids is 2. The molecule has 1 saturated heterocycles. The summed E-state index contributed by atoms with van der Waals surface area (Å²) in [6, 6.07) is 11.4. The van der Waals surface area contributed by atoms with Crippen LogP contribution >= 0.6 is 11.6 Å². The van der Waals surface area contributed by atoms with Gasteiger partial charge in [-0.2, -0.15) is 0 Å². The van der Waals surface area contributed by atoms with Crippen LogP contribution in [0, 0.1) is 20.8 Å². The molecule has 2 aromatic carbocycles. The Bertz CT molecular complexity index is 1260. The number of hydrogen-bond donors (Lipinski definition) is 1. The Kier molecular flexibility index (Phi) is 5.57. The molecule has 7 heteroatoms. The molecule has 0 saturated carbocycles. The fourth-order valence-corrected chi connectivity index (χ4v) is 4.38. The highest BCUT2D eigenvalue weighted by atomic mass is 35.5. The van der Waals surface area contributed by atoms with E-state index >= 15 is 0 Å². The number of carbonyl (C=O) groups is 2. The van der Waals surface area contributed by atoms with Gasteiger partial charge >= 0.3 is 0 Å². The molecule has 3 aromatic rings. The van der Waals surface area contributed by atoms with Gasteiger partial charge in [-0.15, -0.1) is 0 Å². The molecule has 1 unspecified atom stereocenters. The molecule has 4 rings (SSSR count). The monoisotopic (exact) mass is 451 g/mol. The molecule has 32 heavy (non-hydrogen) atoms. The maximum Gasteiger partial charge on any atom is 0.300 e. The zero-order chi connectivity index (χ0) is 23.2. The van der Waals surface area contributed by atoms with Gasteiger partial charge in [-0.1, -0.05) is 23.7 Å². The zero-order valence-corrected chi connectivity index (χ0v) is 18.9. The number of furan rings is 1. The van der Waals surface area contributed by atoms with E-state index in [9.17, 15) is 14.7 Å². The molecule has 0 spiro atoms. The predicted octanol–water partition coefficient (Wildman–Crippen LogP) is 5.49. The average Bonchev–Trinajstić information content (AvgIpc) is 3.36. The normalized spacial score (nSPS) is 17.8. The van der Waals surface area contributed by atoms with Crippen molar-refractivity contribution in [1.29, 1.82) is 0 Å². The van der Waals surface area contributed by atoms with Crippen molar-refractivity contribution in [3.63, 3.8) is 0 Å². The lowest BCUT2D eigenvalue weighted by Crippen LogP contribution is -2.30. The number of Topliss-reactive ketones (excluding diaryl/α,β-unsaturated/α-hetero) is 1. The first kappa shape index (κ1) is 21.7. The van der Waals surface area contributed by atoms with E-state index < -0.39 is 17.7 Å². The first-order valence-corrected chi connectivity index (χ1v) is 10.4. The number of aliphatic hydroxyl groups excluding tert-OH is 1. The molecule has 0 radical (unpaired) electrons. The minimum atomic E-state index is -0.950. The lowest BCUT2D eigenvalue weighted by atomic mass is 9.97. The van der Waals surface area contributed by atoms with E-state index in [1.165, 1.54) is 18.3 Å². The van der Waals surface area contributed by atoms with Gasteiger partial charge in [0.05, 0.1) is 29.5 Å². The molecule has 1 amide bonds. The largest absolute Gasteiger partial charge is 0.507 e. The van der Waals surface area contributed by atoms with E-state index in [0.717, 1.165) is 16.7 Å². The summed E-state index contributed by atoms with van der Waals surface area (Å²) in [4.78, 5) is 27.9. The smallest absolute Gasteiger partial charge is 0.300 e. The van der Waals surface area contributed by atoms with E-state index in [1.807, 2.05) is 32.0 Å². The number of nitrogens with zero attached hydrogens (tertiary/aromatic N) is 1. The molecule has 1 atom stereocenters. The Morgan fingerprint density at radius 2 is 1.84 bits per heavy atom. The fourth-order valence-electron chi connectivity index (χ4n) is 4.03. The zero-order valence-electron chi connectivity index (χ0n) is 18.1. The van der Waals surface area contributed by atoms with Crippen molar-refractivity contribution in [3.05, 3.63) is 87.3 Å². The number of rotatable bonds is 4. The maximum absolute atomic E-state index is 13.3. The highest BCUT2D eigenvalue weighted by Gasteiger charge is 2.49. The second-order valence-corrected chi connectivity index (χ2v) is 8.21. The summed E-state index contributed by atoms with van der Waals surface area (Å²) in [5.74, 6) is -1.38. The van der Waals surface area contributed by atoms with Crippen LogP contribution in [0.5, 0.6) is 5.75 Å². The van der Waals surface area contributed by atoms with E-state index in [4.69, 9.17) is 20.8 Å². The van der Waals surface area contributed by atoms with E-state index in [-0.39, 0.29) is 27.7 Å². The maximum atomic E-state index is 13.3. The average molecular weight is 452 g/mol. The third-order valence-electron chi connectivity index (χ3n) is 5.53. The van der Waals surface area contributed by atoms with Gasteiger partial charge in [-0.05, 0) is 67.8 Å². The summed E-state index contributed by atoms with van der Waals surface area (Å²) in [5, 5.41) is 11.6. The van der Waals surface area contributed by atoms with Crippen molar-refractivity contribution in [2.45, 2.75) is 26.8 Å². The molecule has 0 bridgehead atoms. The van der Waals surface area contributed by atoms with Gasteiger partial charge in [0.2, 0.25) is 0 Å². The van der Waals surface area contributed by atoms with Crippen LogP contribution < -0.4 is 9.64 Å². The number of benzene rings is 2. The molecule has 1 fully saturated rings. The molecule has 1 aromatic heterocycles. The third kappa shape index (κ3) is 3.46. The predicted molar refractivity (Wildman–Crippen MR) is 122 cm³/mol. The van der Waals surface area contributed by atoms with Crippen LogP contribution in [0.2, 0.25) is 5.02 Å². The Balaban J connectivity index is 2.01. The summed E-state index contributed by atoms with van der Waals surface area (Å²) < 4.78 is 11.0. The van der Waals surface area contributed by atoms with E-state index in [0.29, 0.717) is 11.4 Å². The molecule has 1 N–H and O–H groups in total. The van der Waals surface area contributed by atoms with Crippen LogP contribution in [0.25, 0.3) is 5.76 Å². The molecular formula is C25H22ClNO5. The van der Waals surface area contributed by atoms with Gasteiger partial charge < -0.3 is 14.3 Å². The van der Waals surface area contributed by atoms with Crippen LogP contribution in [-0.4, -0.2) is 23.9 Å². The number of ether oxygens (including phenoxy) is 1. The third-order valence-corrected chi connectivity index (χ3v) is 5.81. The topological polar surface area (TPSA) is 80.0 Å². The van der Waals surface area contributed by atoms with Crippen molar-refractivity contribution < 1.29 is 23.8 Å². The van der Waals surface area contributed by atoms with Crippen LogP contribution in [0.3, 0.4) is 0 Å². The molecule has 2 heterocycles. The summed E-state index contributed by atoms with van der Waals surface area (Å²) in [7, 11) is 1.42. The van der Waals surface area contributed by atoms with E-state index in [1.54, 1.807) is 31.2 Å². The summed E-state index contributed by atoms with van der Waals surface area (Å²) in [6.07, 6.45) is 1.46. The Hall–Kier alpha value is -3.51. The van der Waals surface area contributed by atoms with Crippen LogP contribution in [0.1, 0.15) is 34.1 Å². The summed E-state index contributed by atoms with van der Waals surface area (Å²) >= 11 is 6.31. The van der Waals surface area contributed by atoms with Gasteiger partial charge in [0.15, 0.2) is 0 Å². The summed E-state index contributed by atoms with van der Waals surface area (Å²) in [6.45, 7) is 5.57. The van der Waals surface area contributed by atoms with Crippen LogP contribution in [-0.2, 0) is 9.59 Å². The van der Waals surface area contributed by atoms with Gasteiger partial charge in [0.25, 0.3) is 11.7 Å². The number of anilines is 1. The highest BCUT2D eigenvalue weighted by Crippen LogP contribution is 2.45. The van der Waals surface area contributed by atoms with Crippen molar-refractivity contribution in [3.8, 4) is 5.75 Å². The number of ketones is 1. The molecule has 1 aliphatic rings. The minimum Gasteiger partial charge on any atom is -0.507 e. The molecule has 6 nitrogen and oxygen atoms in total. The Morgan fingerprint density at radius 3 is 2.50 bits per heavy atom. The lowest BCUT2D eigenvalue weighted by molar-refractivity contribution is -0.132. The Labute approximate surface area is 190 Å². The fraction of sp³-hybridized carbons (Fsp3) is 0.200. The second kappa shape index (κ2) is 8.20. The van der Waals surface area contributed by atoms with Gasteiger partial charge in [-0.3, -0.25) is 14.5 Å². The van der Waals surface area contributed by atoms with Crippen LogP contribution in [0.15, 0.2) is 58.7 Å². The number of amides is 1. The quantitative estimate of drug-likeness (QED) is 0.322. The van der Waals surface area contributed by atoms with Crippen molar-refractivity contribution >= 4 is 34.7 Å².